The molecule has 0 saturated carbocycles. The number of aromatic nitrogens is 5. The molecule has 118 valence electrons. The number of imidazole rings is 1. The van der Waals surface area contributed by atoms with Crippen LogP contribution in [-0.2, 0) is 11.2 Å². The van der Waals surface area contributed by atoms with Crippen molar-refractivity contribution in [1.82, 2.24) is 30.2 Å². The number of carbonyl (C=O) groups is 1. The van der Waals surface area contributed by atoms with E-state index in [4.69, 9.17) is 0 Å². The average Bonchev–Trinajstić information content (AvgIpc) is 3.04. The van der Waals surface area contributed by atoms with E-state index in [2.05, 4.69) is 30.2 Å². The van der Waals surface area contributed by atoms with E-state index in [0.29, 0.717) is 24.4 Å². The Bertz CT molecular complexity index is 787. The van der Waals surface area contributed by atoms with E-state index < -0.39 is 0 Å². The summed E-state index contributed by atoms with van der Waals surface area (Å²) in [5.74, 6) is 0.571. The molecule has 3 aromatic heterocycles. The van der Waals surface area contributed by atoms with Crippen molar-refractivity contribution < 1.29 is 4.79 Å². The number of fused-ring (bicyclic) bond motifs is 1. The lowest BCUT2D eigenvalue weighted by atomic mass is 10.3. The zero-order chi connectivity index (χ0) is 16.1. The van der Waals surface area contributed by atoms with Gasteiger partial charge in [-0.1, -0.05) is 6.07 Å². The lowest BCUT2D eigenvalue weighted by Crippen LogP contribution is -2.36. The van der Waals surface area contributed by atoms with Crippen LogP contribution in [0.4, 0.5) is 5.82 Å². The number of aromatic amines is 1. The molecular formula is C15H17N7O. The summed E-state index contributed by atoms with van der Waals surface area (Å²) in [5, 5.41) is 2.88. The molecule has 0 spiro atoms. The van der Waals surface area contributed by atoms with Gasteiger partial charge in [0.05, 0.1) is 12.9 Å². The van der Waals surface area contributed by atoms with Gasteiger partial charge in [-0.05, 0) is 12.1 Å². The first-order valence-electron chi connectivity index (χ1n) is 7.26. The van der Waals surface area contributed by atoms with E-state index >= 15 is 0 Å². The Morgan fingerprint density at radius 1 is 1.26 bits per heavy atom. The third-order valence-electron chi connectivity index (χ3n) is 3.37. The van der Waals surface area contributed by atoms with E-state index in [-0.39, 0.29) is 12.5 Å². The molecule has 3 aromatic rings. The third kappa shape index (κ3) is 3.60. The predicted molar refractivity (Wildman–Crippen MR) is 85.9 cm³/mol. The molecule has 0 radical (unpaired) electrons. The third-order valence-corrected chi connectivity index (χ3v) is 3.37. The molecule has 0 atom stereocenters. The molecule has 0 bridgehead atoms. The van der Waals surface area contributed by atoms with E-state index in [9.17, 15) is 4.79 Å². The van der Waals surface area contributed by atoms with Crippen LogP contribution in [0.25, 0.3) is 11.2 Å². The van der Waals surface area contributed by atoms with Crippen LogP contribution in [0.2, 0.25) is 0 Å². The molecule has 3 rings (SSSR count). The van der Waals surface area contributed by atoms with Crippen molar-refractivity contribution in [2.45, 2.75) is 6.42 Å². The second-order valence-corrected chi connectivity index (χ2v) is 5.08. The van der Waals surface area contributed by atoms with Crippen molar-refractivity contribution in [2.75, 3.05) is 25.0 Å². The number of hydrogen-bond acceptors (Lipinski definition) is 6. The van der Waals surface area contributed by atoms with Gasteiger partial charge in [0.1, 0.15) is 11.8 Å². The fraction of sp³-hybridized carbons (Fsp3) is 0.267. The number of pyridine rings is 1. The van der Waals surface area contributed by atoms with Gasteiger partial charge in [-0.2, -0.15) is 0 Å². The molecule has 0 fully saturated rings. The fourth-order valence-corrected chi connectivity index (χ4v) is 2.26. The Morgan fingerprint density at radius 3 is 3.00 bits per heavy atom. The molecule has 0 aliphatic carbocycles. The minimum atomic E-state index is -0.0743. The maximum atomic E-state index is 12.0. The Morgan fingerprint density at radius 2 is 2.17 bits per heavy atom. The van der Waals surface area contributed by atoms with Crippen molar-refractivity contribution in [3.63, 3.8) is 0 Å². The number of likely N-dealkylation sites (N-methyl/N-ethyl adjacent to an activating group) is 1. The van der Waals surface area contributed by atoms with Crippen LogP contribution in [-0.4, -0.2) is 51.0 Å². The average molecular weight is 311 g/mol. The SMILES string of the molecule is CN(CC(=O)NCCc1ccccn1)c1ncnc2nc[nH]c12. The standard InChI is InChI=1S/C15H17N7O/c1-22(15-13-14(19-9-18-13)20-10-21-15)8-12(23)17-7-5-11-4-2-3-6-16-11/h2-4,6,9-10H,5,7-8H2,1H3,(H,17,23)(H,18,19,20,21). The molecule has 8 nitrogen and oxygen atoms in total. The van der Waals surface area contributed by atoms with Crippen LogP contribution in [0.1, 0.15) is 5.69 Å². The molecule has 1 amide bonds. The topological polar surface area (TPSA) is 99.7 Å². The first-order valence-corrected chi connectivity index (χ1v) is 7.26. The summed E-state index contributed by atoms with van der Waals surface area (Å²) in [6.07, 6.45) is 5.45. The summed E-state index contributed by atoms with van der Waals surface area (Å²) >= 11 is 0. The monoisotopic (exact) mass is 311 g/mol. The summed E-state index contributed by atoms with van der Waals surface area (Å²) in [6.45, 7) is 0.750. The Labute approximate surface area is 133 Å². The van der Waals surface area contributed by atoms with Crippen molar-refractivity contribution in [1.29, 1.82) is 0 Å². The first-order chi connectivity index (χ1) is 11.2. The lowest BCUT2D eigenvalue weighted by Gasteiger charge is -2.17. The predicted octanol–water partition coefficient (Wildman–Crippen LogP) is 0.543. The van der Waals surface area contributed by atoms with Gasteiger partial charge in [0.25, 0.3) is 0 Å². The van der Waals surface area contributed by atoms with Gasteiger partial charge in [0.2, 0.25) is 5.91 Å². The van der Waals surface area contributed by atoms with Gasteiger partial charge >= 0.3 is 0 Å². The zero-order valence-electron chi connectivity index (χ0n) is 12.7. The second-order valence-electron chi connectivity index (χ2n) is 5.08. The summed E-state index contributed by atoms with van der Waals surface area (Å²) in [4.78, 5) is 33.4. The number of H-pyrrole nitrogens is 1. The van der Waals surface area contributed by atoms with Crippen LogP contribution in [0.5, 0.6) is 0 Å². The molecule has 0 aliphatic rings. The van der Waals surface area contributed by atoms with Gasteiger partial charge in [0.15, 0.2) is 11.5 Å². The molecule has 2 N–H and O–H groups in total. The number of carbonyl (C=O) groups excluding carboxylic acids is 1. The van der Waals surface area contributed by atoms with Gasteiger partial charge in [-0.15, -0.1) is 0 Å². The largest absolute Gasteiger partial charge is 0.354 e. The Hall–Kier alpha value is -3.03. The maximum Gasteiger partial charge on any atom is 0.239 e. The number of anilines is 1. The van der Waals surface area contributed by atoms with Crippen LogP contribution < -0.4 is 10.2 Å². The number of rotatable bonds is 6. The molecule has 0 unspecified atom stereocenters. The van der Waals surface area contributed by atoms with Crippen molar-refractivity contribution in [2.24, 2.45) is 0 Å². The Kier molecular flexibility index (Phi) is 4.41. The summed E-state index contributed by atoms with van der Waals surface area (Å²) in [7, 11) is 1.81. The van der Waals surface area contributed by atoms with E-state index in [0.717, 1.165) is 11.2 Å². The van der Waals surface area contributed by atoms with E-state index in [1.54, 1.807) is 24.5 Å². The van der Waals surface area contributed by atoms with Gasteiger partial charge < -0.3 is 15.2 Å². The van der Waals surface area contributed by atoms with Gasteiger partial charge in [0, 0.05) is 31.9 Å². The Balaban J connectivity index is 1.54. The molecule has 8 heteroatoms. The number of nitrogens with one attached hydrogen (secondary N) is 2. The first kappa shape index (κ1) is 14.9. The summed E-state index contributed by atoms with van der Waals surface area (Å²) in [6, 6.07) is 5.74. The quantitative estimate of drug-likeness (QED) is 0.689. The minimum absolute atomic E-state index is 0.0743. The number of nitrogens with zero attached hydrogens (tertiary/aromatic N) is 5. The smallest absolute Gasteiger partial charge is 0.239 e. The molecule has 0 saturated heterocycles. The van der Waals surface area contributed by atoms with Crippen LogP contribution in [0, 0.1) is 0 Å². The summed E-state index contributed by atoms with van der Waals surface area (Å²) < 4.78 is 0. The van der Waals surface area contributed by atoms with Crippen molar-refractivity contribution in [3.05, 3.63) is 42.7 Å². The van der Waals surface area contributed by atoms with Crippen LogP contribution >= 0.6 is 0 Å². The van der Waals surface area contributed by atoms with Crippen molar-refractivity contribution >= 4 is 22.9 Å². The molecule has 3 heterocycles. The highest BCUT2D eigenvalue weighted by molar-refractivity contribution is 5.86. The second kappa shape index (κ2) is 6.82. The maximum absolute atomic E-state index is 12.0. The van der Waals surface area contributed by atoms with Crippen molar-refractivity contribution in [3.8, 4) is 0 Å². The highest BCUT2D eigenvalue weighted by Gasteiger charge is 2.13. The van der Waals surface area contributed by atoms with E-state index in [1.165, 1.54) is 6.33 Å². The highest BCUT2D eigenvalue weighted by atomic mass is 16.2. The van der Waals surface area contributed by atoms with E-state index in [1.807, 2.05) is 18.2 Å². The molecule has 0 aromatic carbocycles. The molecular weight excluding hydrogens is 294 g/mol. The number of hydrogen-bond donors (Lipinski definition) is 2. The summed E-state index contributed by atoms with van der Waals surface area (Å²) in [5.41, 5.74) is 2.25. The minimum Gasteiger partial charge on any atom is -0.354 e. The fourth-order valence-electron chi connectivity index (χ4n) is 2.26. The normalized spacial score (nSPS) is 10.7. The van der Waals surface area contributed by atoms with Gasteiger partial charge in [-0.3, -0.25) is 9.78 Å². The highest BCUT2D eigenvalue weighted by Crippen LogP contribution is 2.17. The molecule has 23 heavy (non-hydrogen) atoms. The number of amides is 1. The molecule has 0 aliphatic heterocycles. The van der Waals surface area contributed by atoms with Crippen LogP contribution in [0.15, 0.2) is 37.1 Å². The lowest BCUT2D eigenvalue weighted by molar-refractivity contribution is -0.119. The zero-order valence-corrected chi connectivity index (χ0v) is 12.7. The van der Waals surface area contributed by atoms with Gasteiger partial charge in [-0.25, -0.2) is 15.0 Å². The van der Waals surface area contributed by atoms with Crippen LogP contribution in [0.3, 0.4) is 0 Å².